The van der Waals surface area contributed by atoms with E-state index >= 15 is 0 Å². The van der Waals surface area contributed by atoms with E-state index in [1.54, 1.807) is 0 Å². The van der Waals surface area contributed by atoms with Crippen molar-refractivity contribution in [1.82, 2.24) is 10.2 Å². The molecule has 5 nitrogen and oxygen atoms in total. The fourth-order valence-electron chi connectivity index (χ4n) is 3.82. The number of guanidine groups is 1. The topological polar surface area (TPSA) is 46.1 Å². The molecule has 1 N–H and O–H groups in total. The first-order chi connectivity index (χ1) is 10.9. The fraction of sp³-hybridized carbons (Fsp3) is 0.944. The Morgan fingerprint density at radius 1 is 1.26 bits per heavy atom. The number of nitrogens with zero attached hydrogens (tertiary/aromatic N) is 2. The van der Waals surface area contributed by atoms with Gasteiger partial charge in [-0.3, -0.25) is 4.99 Å². The average molecular weight is 325 g/mol. The van der Waals surface area contributed by atoms with Gasteiger partial charge >= 0.3 is 0 Å². The van der Waals surface area contributed by atoms with Crippen molar-refractivity contribution in [3.05, 3.63) is 0 Å². The molecule has 2 saturated heterocycles. The van der Waals surface area contributed by atoms with Gasteiger partial charge in [0.1, 0.15) is 6.10 Å². The maximum Gasteiger partial charge on any atom is 0.193 e. The summed E-state index contributed by atoms with van der Waals surface area (Å²) in [4.78, 5) is 6.81. The molecule has 0 aromatic heterocycles. The third kappa shape index (κ3) is 5.64. The standard InChI is InChI=1S/C18H35N3O2/c1-14(2)11-18(3,4)13-20-17(19-5)21-8-10-23-16(12-21)15-7-6-9-22-15/h14-16H,6-13H2,1-5H3,(H,19,20). The molecule has 0 amide bonds. The largest absolute Gasteiger partial charge is 0.375 e. The second-order valence-electron chi connectivity index (χ2n) is 8.07. The Hall–Kier alpha value is -0.810. The summed E-state index contributed by atoms with van der Waals surface area (Å²) in [6.07, 6.45) is 3.91. The van der Waals surface area contributed by atoms with Crippen LogP contribution in [0.5, 0.6) is 0 Å². The van der Waals surface area contributed by atoms with E-state index < -0.39 is 0 Å². The molecule has 2 atom stereocenters. The molecular formula is C18H35N3O2. The first kappa shape index (κ1) is 18.5. The molecule has 2 rings (SSSR count). The van der Waals surface area contributed by atoms with Crippen molar-refractivity contribution in [3.8, 4) is 0 Å². The van der Waals surface area contributed by atoms with Crippen LogP contribution in [0.25, 0.3) is 0 Å². The highest BCUT2D eigenvalue weighted by Gasteiger charge is 2.32. The van der Waals surface area contributed by atoms with Crippen molar-refractivity contribution in [1.29, 1.82) is 0 Å². The van der Waals surface area contributed by atoms with Crippen molar-refractivity contribution >= 4 is 5.96 Å². The molecule has 0 aromatic carbocycles. The van der Waals surface area contributed by atoms with Gasteiger partial charge < -0.3 is 19.7 Å². The van der Waals surface area contributed by atoms with E-state index in [9.17, 15) is 0 Å². The highest BCUT2D eigenvalue weighted by Crippen LogP contribution is 2.24. The van der Waals surface area contributed by atoms with Crippen molar-refractivity contribution < 1.29 is 9.47 Å². The summed E-state index contributed by atoms with van der Waals surface area (Å²) in [5.41, 5.74) is 0.268. The van der Waals surface area contributed by atoms with Crippen LogP contribution in [0, 0.1) is 11.3 Å². The van der Waals surface area contributed by atoms with Crippen LogP contribution in [0.1, 0.15) is 47.0 Å². The highest BCUT2D eigenvalue weighted by molar-refractivity contribution is 5.80. The van der Waals surface area contributed by atoms with Crippen LogP contribution in [0.15, 0.2) is 4.99 Å². The van der Waals surface area contributed by atoms with Crippen molar-refractivity contribution in [2.24, 2.45) is 16.3 Å². The Morgan fingerprint density at radius 2 is 2.00 bits per heavy atom. The Balaban J connectivity index is 1.87. The molecule has 2 unspecified atom stereocenters. The number of ether oxygens (including phenoxy) is 2. The SMILES string of the molecule is CN=C(NCC(C)(C)CC(C)C)N1CCOC(C2CCCO2)C1. The van der Waals surface area contributed by atoms with Crippen LogP contribution in [0.3, 0.4) is 0 Å². The van der Waals surface area contributed by atoms with Gasteiger partial charge in [0, 0.05) is 33.3 Å². The van der Waals surface area contributed by atoms with E-state index in [1.165, 1.54) is 6.42 Å². The number of hydrogen-bond acceptors (Lipinski definition) is 3. The normalized spacial score (nSPS) is 26.9. The molecule has 2 fully saturated rings. The number of nitrogens with one attached hydrogen (secondary N) is 1. The van der Waals surface area contributed by atoms with Gasteiger partial charge in [-0.2, -0.15) is 0 Å². The fourth-order valence-corrected chi connectivity index (χ4v) is 3.82. The molecular weight excluding hydrogens is 290 g/mol. The molecule has 5 heteroatoms. The molecule has 0 bridgehead atoms. The lowest BCUT2D eigenvalue weighted by molar-refractivity contribution is -0.0817. The summed E-state index contributed by atoms with van der Waals surface area (Å²) in [7, 11) is 1.87. The van der Waals surface area contributed by atoms with Gasteiger partial charge in [0.2, 0.25) is 0 Å². The zero-order chi connectivity index (χ0) is 16.9. The Labute approximate surface area is 141 Å². The highest BCUT2D eigenvalue weighted by atomic mass is 16.5. The molecule has 23 heavy (non-hydrogen) atoms. The number of aliphatic imine (C=N–C) groups is 1. The predicted octanol–water partition coefficient (Wildman–Crippen LogP) is 2.51. The summed E-state index contributed by atoms with van der Waals surface area (Å²) >= 11 is 0. The van der Waals surface area contributed by atoms with Gasteiger partial charge in [0.15, 0.2) is 5.96 Å². The van der Waals surface area contributed by atoms with E-state index in [1.807, 2.05) is 7.05 Å². The summed E-state index contributed by atoms with van der Waals surface area (Å²) in [5, 5.41) is 3.58. The van der Waals surface area contributed by atoms with Gasteiger partial charge in [-0.15, -0.1) is 0 Å². The monoisotopic (exact) mass is 325 g/mol. The van der Waals surface area contributed by atoms with E-state index in [4.69, 9.17) is 9.47 Å². The Morgan fingerprint density at radius 3 is 2.61 bits per heavy atom. The summed E-state index contributed by atoms with van der Waals surface area (Å²) < 4.78 is 11.7. The minimum Gasteiger partial charge on any atom is -0.375 e. The van der Waals surface area contributed by atoms with E-state index in [0.29, 0.717) is 5.92 Å². The van der Waals surface area contributed by atoms with Crippen LogP contribution in [0.2, 0.25) is 0 Å². The van der Waals surface area contributed by atoms with Crippen LogP contribution in [-0.2, 0) is 9.47 Å². The van der Waals surface area contributed by atoms with Crippen molar-refractivity contribution in [2.75, 3.05) is 39.9 Å². The van der Waals surface area contributed by atoms with Crippen LogP contribution in [-0.4, -0.2) is 63.0 Å². The van der Waals surface area contributed by atoms with E-state index in [-0.39, 0.29) is 17.6 Å². The van der Waals surface area contributed by atoms with Gasteiger partial charge in [-0.05, 0) is 30.6 Å². The Bertz CT molecular complexity index is 390. The minimum absolute atomic E-state index is 0.175. The maximum absolute atomic E-state index is 5.94. The van der Waals surface area contributed by atoms with Crippen molar-refractivity contribution in [3.63, 3.8) is 0 Å². The van der Waals surface area contributed by atoms with Gasteiger partial charge in [0.05, 0.1) is 12.7 Å². The summed E-state index contributed by atoms with van der Waals surface area (Å²) in [5.74, 6) is 1.70. The number of rotatable bonds is 5. The van der Waals surface area contributed by atoms with Gasteiger partial charge in [-0.1, -0.05) is 27.7 Å². The second kappa shape index (κ2) is 8.34. The first-order valence-corrected chi connectivity index (χ1v) is 9.10. The van der Waals surface area contributed by atoms with E-state index in [2.05, 4.69) is 42.9 Å². The zero-order valence-corrected chi connectivity index (χ0v) is 15.6. The molecule has 0 radical (unpaired) electrons. The van der Waals surface area contributed by atoms with Gasteiger partial charge in [-0.25, -0.2) is 0 Å². The Kier molecular flexibility index (Phi) is 6.72. The summed E-state index contributed by atoms with van der Waals surface area (Å²) in [6, 6.07) is 0. The molecule has 0 saturated carbocycles. The van der Waals surface area contributed by atoms with Crippen molar-refractivity contribution in [2.45, 2.75) is 59.2 Å². The minimum atomic E-state index is 0.175. The predicted molar refractivity (Wildman–Crippen MR) is 94.9 cm³/mol. The first-order valence-electron chi connectivity index (χ1n) is 9.10. The number of morpholine rings is 1. The molecule has 0 aromatic rings. The van der Waals surface area contributed by atoms with Crippen LogP contribution >= 0.6 is 0 Å². The molecule has 0 spiro atoms. The lowest BCUT2D eigenvalue weighted by Gasteiger charge is -2.38. The second-order valence-corrected chi connectivity index (χ2v) is 8.07. The lowest BCUT2D eigenvalue weighted by atomic mass is 9.84. The quantitative estimate of drug-likeness (QED) is 0.623. The molecule has 2 aliphatic heterocycles. The molecule has 0 aliphatic carbocycles. The lowest BCUT2D eigenvalue weighted by Crippen LogP contribution is -2.54. The molecule has 2 aliphatic rings. The number of hydrogen-bond donors (Lipinski definition) is 1. The van der Waals surface area contributed by atoms with Crippen LogP contribution < -0.4 is 5.32 Å². The van der Waals surface area contributed by atoms with Gasteiger partial charge in [0.25, 0.3) is 0 Å². The zero-order valence-electron chi connectivity index (χ0n) is 15.6. The smallest absolute Gasteiger partial charge is 0.193 e. The third-order valence-corrected chi connectivity index (χ3v) is 4.67. The van der Waals surface area contributed by atoms with E-state index in [0.717, 1.165) is 51.6 Å². The molecule has 2 heterocycles. The van der Waals surface area contributed by atoms with Crippen LogP contribution in [0.4, 0.5) is 0 Å². The summed E-state index contributed by atoms with van der Waals surface area (Å²) in [6.45, 7) is 13.5. The average Bonchev–Trinajstić information content (AvgIpc) is 3.01. The third-order valence-electron chi connectivity index (χ3n) is 4.67. The maximum atomic E-state index is 5.94. The molecule has 134 valence electrons.